The second-order valence-corrected chi connectivity index (χ2v) is 8.16. The van der Waals surface area contributed by atoms with Crippen molar-refractivity contribution in [2.24, 2.45) is 0 Å². The van der Waals surface area contributed by atoms with Crippen molar-refractivity contribution < 1.29 is 25.5 Å². The lowest BCUT2D eigenvalue weighted by Gasteiger charge is -2.15. The minimum Gasteiger partial charge on any atom is -0.544 e. The number of hydrogen-bond acceptors (Lipinski definition) is 4. The molecule has 3 rings (SSSR count). The SMILES string of the molecule is [NH3+]C(Cc1cc(I)c(Oc2cccc3c(O)cccc23)c(I)c1)C(=O)[O-]. The van der Waals surface area contributed by atoms with Gasteiger partial charge in [0.15, 0.2) is 5.75 Å². The molecule has 3 aromatic carbocycles. The second-order valence-electron chi connectivity index (χ2n) is 5.84. The Morgan fingerprint density at radius 3 is 2.38 bits per heavy atom. The van der Waals surface area contributed by atoms with Crippen LogP contribution >= 0.6 is 45.2 Å². The average molecular weight is 575 g/mol. The molecule has 4 N–H and O–H groups in total. The number of rotatable bonds is 5. The molecule has 0 bridgehead atoms. The first-order valence-corrected chi connectivity index (χ1v) is 9.93. The van der Waals surface area contributed by atoms with E-state index in [0.717, 1.165) is 23.5 Å². The van der Waals surface area contributed by atoms with E-state index >= 15 is 0 Å². The third kappa shape index (κ3) is 4.04. The zero-order valence-electron chi connectivity index (χ0n) is 13.5. The lowest BCUT2D eigenvalue weighted by molar-refractivity contribution is -0.437. The summed E-state index contributed by atoms with van der Waals surface area (Å²) in [5.74, 6) is 0.383. The zero-order chi connectivity index (χ0) is 18.8. The summed E-state index contributed by atoms with van der Waals surface area (Å²) in [7, 11) is 0. The first-order valence-electron chi connectivity index (χ1n) is 7.77. The first kappa shape index (κ1) is 19.2. The number of benzene rings is 3. The van der Waals surface area contributed by atoms with Crippen LogP contribution in [0.25, 0.3) is 10.8 Å². The molecule has 0 spiro atoms. The van der Waals surface area contributed by atoms with E-state index in [9.17, 15) is 15.0 Å². The predicted molar refractivity (Wildman–Crippen MR) is 113 cm³/mol. The van der Waals surface area contributed by atoms with Crippen LogP contribution in [0.15, 0.2) is 48.5 Å². The van der Waals surface area contributed by atoms with Crippen molar-refractivity contribution in [3.63, 3.8) is 0 Å². The molecule has 0 aromatic heterocycles. The highest BCUT2D eigenvalue weighted by Crippen LogP contribution is 2.37. The summed E-state index contributed by atoms with van der Waals surface area (Å²) in [5, 5.41) is 22.5. The number of aliphatic carboxylic acids is 1. The van der Waals surface area contributed by atoms with Crippen molar-refractivity contribution in [1.29, 1.82) is 0 Å². The fourth-order valence-electron chi connectivity index (χ4n) is 2.66. The van der Waals surface area contributed by atoms with E-state index in [-0.39, 0.29) is 5.75 Å². The monoisotopic (exact) mass is 575 g/mol. The van der Waals surface area contributed by atoms with Gasteiger partial charge in [-0.25, -0.2) is 0 Å². The van der Waals surface area contributed by atoms with Crippen LogP contribution in [0.3, 0.4) is 0 Å². The van der Waals surface area contributed by atoms with Gasteiger partial charge in [0.05, 0.1) is 13.1 Å². The average Bonchev–Trinajstić information content (AvgIpc) is 2.58. The molecule has 0 aliphatic rings. The van der Waals surface area contributed by atoms with Crippen LogP contribution in [-0.4, -0.2) is 17.1 Å². The highest BCUT2D eigenvalue weighted by Gasteiger charge is 2.15. The molecule has 7 heteroatoms. The van der Waals surface area contributed by atoms with Gasteiger partial charge < -0.3 is 25.5 Å². The van der Waals surface area contributed by atoms with Gasteiger partial charge in [0.2, 0.25) is 0 Å². The summed E-state index contributed by atoms with van der Waals surface area (Å²) < 4.78 is 7.88. The Labute approximate surface area is 177 Å². The molecule has 1 atom stereocenters. The summed E-state index contributed by atoms with van der Waals surface area (Å²) >= 11 is 4.34. The number of aromatic hydroxyl groups is 1. The molecule has 0 heterocycles. The summed E-state index contributed by atoms with van der Waals surface area (Å²) in [5.41, 5.74) is 4.47. The van der Waals surface area contributed by atoms with Crippen molar-refractivity contribution in [2.75, 3.05) is 0 Å². The van der Waals surface area contributed by atoms with Crippen LogP contribution in [-0.2, 0) is 11.2 Å². The fourth-order valence-corrected chi connectivity index (χ4v) is 4.78. The van der Waals surface area contributed by atoms with Crippen LogP contribution in [0, 0.1) is 7.14 Å². The van der Waals surface area contributed by atoms with E-state index in [2.05, 4.69) is 50.9 Å². The van der Waals surface area contributed by atoms with Gasteiger partial charge >= 0.3 is 0 Å². The first-order chi connectivity index (χ1) is 12.4. The third-order valence-corrected chi connectivity index (χ3v) is 5.55. The Morgan fingerprint density at radius 1 is 1.12 bits per heavy atom. The Bertz CT molecular complexity index is 967. The second kappa shape index (κ2) is 7.97. The van der Waals surface area contributed by atoms with Gasteiger partial charge in [0.25, 0.3) is 0 Å². The van der Waals surface area contributed by atoms with Crippen molar-refractivity contribution in [3.05, 3.63) is 61.2 Å². The Balaban J connectivity index is 1.96. The van der Waals surface area contributed by atoms with Crippen LogP contribution in [0.1, 0.15) is 5.56 Å². The maximum atomic E-state index is 10.9. The number of carbonyl (C=O) groups excluding carboxylic acids is 1. The van der Waals surface area contributed by atoms with Gasteiger partial charge in [-0.05, 0) is 75.0 Å². The normalized spacial score (nSPS) is 12.1. The van der Waals surface area contributed by atoms with Gasteiger partial charge in [0, 0.05) is 17.2 Å². The lowest BCUT2D eigenvalue weighted by atomic mass is 10.1. The van der Waals surface area contributed by atoms with Gasteiger partial charge in [-0.15, -0.1) is 0 Å². The molecule has 5 nitrogen and oxygen atoms in total. The maximum Gasteiger partial charge on any atom is 0.154 e. The molecule has 0 radical (unpaired) electrons. The highest BCUT2D eigenvalue weighted by molar-refractivity contribution is 14.1. The molecular weight excluding hydrogens is 560 g/mol. The molecule has 0 saturated carbocycles. The summed E-state index contributed by atoms with van der Waals surface area (Å²) in [6, 6.07) is 13.8. The topological polar surface area (TPSA) is 97.2 Å². The molecule has 134 valence electrons. The number of fused-ring (bicyclic) bond motifs is 1. The number of quaternary nitrogens is 1. The van der Waals surface area contributed by atoms with Crippen molar-refractivity contribution in [3.8, 4) is 17.2 Å². The number of hydrogen-bond donors (Lipinski definition) is 2. The molecule has 26 heavy (non-hydrogen) atoms. The molecule has 1 unspecified atom stereocenters. The van der Waals surface area contributed by atoms with Gasteiger partial charge in [-0.2, -0.15) is 0 Å². The van der Waals surface area contributed by atoms with Crippen molar-refractivity contribution in [1.82, 2.24) is 0 Å². The minimum atomic E-state index is -1.16. The smallest absolute Gasteiger partial charge is 0.154 e. The molecule has 0 fully saturated rings. The third-order valence-electron chi connectivity index (χ3n) is 3.94. The number of halogens is 2. The van der Waals surface area contributed by atoms with Crippen LogP contribution in [0.5, 0.6) is 17.2 Å². The van der Waals surface area contributed by atoms with E-state index in [0.29, 0.717) is 17.9 Å². The largest absolute Gasteiger partial charge is 0.544 e. The molecule has 0 aliphatic carbocycles. The van der Waals surface area contributed by atoms with Gasteiger partial charge in [0.1, 0.15) is 17.5 Å². The molecule has 3 aromatic rings. The molecule has 0 amide bonds. The number of carboxylic acids is 1. The van der Waals surface area contributed by atoms with Gasteiger partial charge in [-0.3, -0.25) is 0 Å². The van der Waals surface area contributed by atoms with Crippen LogP contribution in [0.4, 0.5) is 0 Å². The summed E-state index contributed by atoms with van der Waals surface area (Å²) in [4.78, 5) is 10.9. The van der Waals surface area contributed by atoms with Crippen molar-refractivity contribution >= 4 is 61.9 Å². The van der Waals surface area contributed by atoms with E-state index in [1.165, 1.54) is 0 Å². The molecule has 0 saturated heterocycles. The molecular formula is C19H15I2NO4. The fraction of sp³-hybridized carbons (Fsp3) is 0.105. The summed E-state index contributed by atoms with van der Waals surface area (Å²) in [6.45, 7) is 0. The summed E-state index contributed by atoms with van der Waals surface area (Å²) in [6.07, 6.45) is 0.302. The lowest BCUT2D eigenvalue weighted by Crippen LogP contribution is -2.69. The van der Waals surface area contributed by atoms with E-state index in [1.54, 1.807) is 12.1 Å². The standard InChI is InChI=1S/C19H15I2NO4/c20-13-7-10(9-15(22)19(24)25)8-14(21)18(13)26-17-6-2-3-11-12(17)4-1-5-16(11)23/h1-8,15,23H,9,22H2,(H,24,25). The Kier molecular flexibility index (Phi) is 5.88. The van der Waals surface area contributed by atoms with Gasteiger partial charge in [-0.1, -0.05) is 24.3 Å². The number of phenolic OH excluding ortho intramolecular Hbond substituents is 1. The number of ether oxygens (including phenoxy) is 1. The predicted octanol–water partition coefficient (Wildman–Crippen LogP) is 2.45. The minimum absolute atomic E-state index is 0.205. The van der Waals surface area contributed by atoms with E-state index in [4.69, 9.17) is 4.74 Å². The zero-order valence-corrected chi connectivity index (χ0v) is 17.9. The quantitative estimate of drug-likeness (QED) is 0.458. The Hall–Kier alpha value is -1.59. The van der Waals surface area contributed by atoms with Crippen LogP contribution in [0.2, 0.25) is 0 Å². The van der Waals surface area contributed by atoms with Crippen LogP contribution < -0.4 is 15.6 Å². The molecule has 0 aliphatic heterocycles. The maximum absolute atomic E-state index is 10.9. The number of carbonyl (C=O) groups is 1. The number of carboxylic acid groups (broad SMARTS) is 1. The van der Waals surface area contributed by atoms with E-state index < -0.39 is 12.0 Å². The van der Waals surface area contributed by atoms with E-state index in [1.807, 2.05) is 36.4 Å². The van der Waals surface area contributed by atoms with Crippen molar-refractivity contribution in [2.45, 2.75) is 12.5 Å². The Morgan fingerprint density at radius 2 is 1.73 bits per heavy atom. The number of phenols is 1. The highest BCUT2D eigenvalue weighted by atomic mass is 127.